The van der Waals surface area contributed by atoms with Gasteiger partial charge in [-0.1, -0.05) is 91.0 Å². The van der Waals surface area contributed by atoms with Gasteiger partial charge in [-0.3, -0.25) is 4.79 Å². The Balaban J connectivity index is 1.48. The Hall–Kier alpha value is -3.44. The smallest absolute Gasteiger partial charge is 0.328 e. The van der Waals surface area contributed by atoms with Crippen LogP contribution in [0.4, 0.5) is 0 Å². The lowest BCUT2D eigenvalue weighted by molar-refractivity contribution is -0.151. The molecule has 1 heterocycles. The summed E-state index contributed by atoms with van der Waals surface area (Å²) in [4.78, 5) is 28.2. The number of ether oxygens (including phenoxy) is 2. The van der Waals surface area contributed by atoms with Crippen molar-refractivity contribution < 1.29 is 19.1 Å². The van der Waals surface area contributed by atoms with Crippen LogP contribution in [0.3, 0.4) is 0 Å². The van der Waals surface area contributed by atoms with Gasteiger partial charge in [0.25, 0.3) is 0 Å². The third-order valence-electron chi connectivity index (χ3n) is 6.34. The maximum absolute atomic E-state index is 13.9. The quantitative estimate of drug-likeness (QED) is 0.348. The maximum atomic E-state index is 13.9. The fraction of sp³-hybridized carbons (Fsp3) is 0.310. The normalized spacial score (nSPS) is 17.6. The van der Waals surface area contributed by atoms with E-state index in [1.54, 1.807) is 4.90 Å². The molecule has 0 bridgehead atoms. The summed E-state index contributed by atoms with van der Waals surface area (Å²) in [6.07, 6.45) is 2.06. The average Bonchev–Trinajstić information content (AvgIpc) is 3.32. The number of amides is 1. The molecule has 176 valence electrons. The van der Waals surface area contributed by atoms with Crippen LogP contribution < -0.4 is 0 Å². The molecular weight excluding hydrogens is 426 g/mol. The molecule has 0 N–H and O–H groups in total. The fourth-order valence-electron chi connectivity index (χ4n) is 4.63. The summed E-state index contributed by atoms with van der Waals surface area (Å²) in [5.41, 5.74) is 3.07. The van der Waals surface area contributed by atoms with Crippen LogP contribution in [0.2, 0.25) is 0 Å². The third kappa shape index (κ3) is 5.72. The van der Waals surface area contributed by atoms with E-state index in [9.17, 15) is 9.59 Å². The Labute approximate surface area is 201 Å². The van der Waals surface area contributed by atoms with Gasteiger partial charge in [-0.25, -0.2) is 4.79 Å². The zero-order valence-corrected chi connectivity index (χ0v) is 19.5. The minimum Gasteiger partial charge on any atom is -0.467 e. The van der Waals surface area contributed by atoms with E-state index in [0.717, 1.165) is 24.0 Å². The average molecular weight is 458 g/mol. The number of carbonyl (C=O) groups is 2. The van der Waals surface area contributed by atoms with Gasteiger partial charge in [-0.15, -0.1) is 0 Å². The molecule has 5 nitrogen and oxygen atoms in total. The third-order valence-corrected chi connectivity index (χ3v) is 6.34. The van der Waals surface area contributed by atoms with Crippen molar-refractivity contribution in [2.24, 2.45) is 0 Å². The molecule has 3 aromatic carbocycles. The van der Waals surface area contributed by atoms with Gasteiger partial charge in [-0.05, 0) is 29.5 Å². The van der Waals surface area contributed by atoms with Crippen molar-refractivity contribution in [2.75, 3.05) is 20.3 Å². The molecule has 4 rings (SSSR count). The Bertz CT molecular complexity index is 1020. The van der Waals surface area contributed by atoms with Gasteiger partial charge >= 0.3 is 5.97 Å². The molecule has 1 amide bonds. The van der Waals surface area contributed by atoms with Crippen LogP contribution in [-0.2, 0) is 25.5 Å². The molecule has 34 heavy (non-hydrogen) atoms. The first-order chi connectivity index (χ1) is 16.7. The highest BCUT2D eigenvalue weighted by Crippen LogP contribution is 2.31. The molecule has 0 saturated carbocycles. The summed E-state index contributed by atoms with van der Waals surface area (Å²) < 4.78 is 11.2. The van der Waals surface area contributed by atoms with Gasteiger partial charge in [-0.2, -0.15) is 0 Å². The van der Waals surface area contributed by atoms with Crippen molar-refractivity contribution in [1.82, 2.24) is 4.90 Å². The molecule has 0 radical (unpaired) electrons. The van der Waals surface area contributed by atoms with E-state index in [0.29, 0.717) is 19.6 Å². The number of carbonyl (C=O) groups excluding carboxylic acids is 2. The molecule has 1 aliphatic heterocycles. The fourth-order valence-corrected chi connectivity index (χ4v) is 4.63. The monoisotopic (exact) mass is 457 g/mol. The topological polar surface area (TPSA) is 55.8 Å². The van der Waals surface area contributed by atoms with Gasteiger partial charge in [0.2, 0.25) is 5.91 Å². The molecule has 5 heteroatoms. The molecule has 0 spiro atoms. The minimum absolute atomic E-state index is 0.108. The van der Waals surface area contributed by atoms with Gasteiger partial charge in [0, 0.05) is 19.6 Å². The van der Waals surface area contributed by atoms with E-state index in [-0.39, 0.29) is 12.0 Å². The standard InChI is InChI=1S/C29H31NO4/c1-33-29(32)26-20-25(34-19-11-14-22-12-5-2-6-13-22)21-30(26)28(31)27(23-15-7-3-8-16-23)24-17-9-4-10-18-24/h2-10,12-13,15-18,25-27H,11,14,19-21H2,1H3/t25-,26-/m1/s1. The second kappa shape index (κ2) is 11.6. The first kappa shape index (κ1) is 23.7. The van der Waals surface area contributed by atoms with Crippen molar-refractivity contribution in [3.05, 3.63) is 108 Å². The largest absolute Gasteiger partial charge is 0.467 e. The Morgan fingerprint density at radius 1 is 0.882 bits per heavy atom. The second-order valence-electron chi connectivity index (χ2n) is 8.60. The van der Waals surface area contributed by atoms with Gasteiger partial charge in [0.1, 0.15) is 6.04 Å². The predicted molar refractivity (Wildman–Crippen MR) is 131 cm³/mol. The summed E-state index contributed by atoms with van der Waals surface area (Å²) in [5, 5.41) is 0. The van der Waals surface area contributed by atoms with Crippen molar-refractivity contribution in [1.29, 1.82) is 0 Å². The Kier molecular flexibility index (Phi) is 8.10. The molecule has 0 aromatic heterocycles. The highest BCUT2D eigenvalue weighted by molar-refractivity contribution is 5.91. The number of benzene rings is 3. The van der Waals surface area contributed by atoms with Gasteiger partial charge in [0.15, 0.2) is 0 Å². The van der Waals surface area contributed by atoms with Crippen molar-refractivity contribution in [2.45, 2.75) is 37.3 Å². The van der Waals surface area contributed by atoms with Crippen molar-refractivity contribution in [3.63, 3.8) is 0 Å². The van der Waals surface area contributed by atoms with E-state index in [1.165, 1.54) is 12.7 Å². The minimum atomic E-state index is -0.647. The van der Waals surface area contributed by atoms with Crippen molar-refractivity contribution in [3.8, 4) is 0 Å². The number of hydrogen-bond donors (Lipinski definition) is 0. The van der Waals surface area contributed by atoms with E-state index < -0.39 is 17.9 Å². The van der Waals surface area contributed by atoms with Crippen LogP contribution in [0.1, 0.15) is 35.4 Å². The molecule has 0 aliphatic carbocycles. The van der Waals surface area contributed by atoms with E-state index in [4.69, 9.17) is 9.47 Å². The predicted octanol–water partition coefficient (Wildman–Crippen LogP) is 4.61. The lowest BCUT2D eigenvalue weighted by Gasteiger charge is -2.28. The molecule has 1 saturated heterocycles. The number of likely N-dealkylation sites (tertiary alicyclic amines) is 1. The van der Waals surface area contributed by atoms with Crippen LogP contribution >= 0.6 is 0 Å². The highest BCUT2D eigenvalue weighted by Gasteiger charge is 2.43. The van der Waals surface area contributed by atoms with Crippen LogP contribution in [0.5, 0.6) is 0 Å². The number of nitrogens with zero attached hydrogens (tertiary/aromatic N) is 1. The van der Waals surface area contributed by atoms with Gasteiger partial charge in [0.05, 0.1) is 19.1 Å². The summed E-state index contributed by atoms with van der Waals surface area (Å²) >= 11 is 0. The summed E-state index contributed by atoms with van der Waals surface area (Å²) in [5.74, 6) is -1.00. The van der Waals surface area contributed by atoms with Crippen LogP contribution in [0.25, 0.3) is 0 Å². The maximum Gasteiger partial charge on any atom is 0.328 e. The molecule has 2 atom stereocenters. The number of methoxy groups -OCH3 is 1. The summed E-state index contributed by atoms with van der Waals surface area (Å²) in [6, 6.07) is 29.1. The molecule has 0 unspecified atom stereocenters. The first-order valence-corrected chi connectivity index (χ1v) is 11.8. The lowest BCUT2D eigenvalue weighted by Crippen LogP contribution is -2.43. The SMILES string of the molecule is COC(=O)[C@H]1C[C@@H](OCCCc2ccccc2)CN1C(=O)C(c1ccccc1)c1ccccc1. The molecular formula is C29H31NO4. The highest BCUT2D eigenvalue weighted by atomic mass is 16.5. The molecule has 3 aromatic rings. The lowest BCUT2D eigenvalue weighted by atomic mass is 9.90. The molecule has 1 aliphatic rings. The first-order valence-electron chi connectivity index (χ1n) is 11.8. The van der Waals surface area contributed by atoms with Gasteiger partial charge < -0.3 is 14.4 Å². The summed E-state index contributed by atoms with van der Waals surface area (Å²) in [6.45, 7) is 0.955. The van der Waals surface area contributed by atoms with E-state index >= 15 is 0 Å². The molecule has 1 fully saturated rings. The second-order valence-corrected chi connectivity index (χ2v) is 8.60. The van der Waals surface area contributed by atoms with E-state index in [1.807, 2.05) is 78.9 Å². The Morgan fingerprint density at radius 3 is 2.00 bits per heavy atom. The summed E-state index contributed by atoms with van der Waals surface area (Å²) in [7, 11) is 1.37. The number of rotatable bonds is 9. The van der Waals surface area contributed by atoms with E-state index in [2.05, 4.69) is 12.1 Å². The van der Waals surface area contributed by atoms with Crippen LogP contribution in [-0.4, -0.2) is 49.2 Å². The zero-order chi connectivity index (χ0) is 23.8. The number of esters is 1. The zero-order valence-electron chi connectivity index (χ0n) is 19.5. The van der Waals surface area contributed by atoms with Crippen molar-refractivity contribution >= 4 is 11.9 Å². The van der Waals surface area contributed by atoms with Crippen LogP contribution in [0, 0.1) is 0 Å². The number of hydrogen-bond acceptors (Lipinski definition) is 4. The number of aryl methyl sites for hydroxylation is 1. The van der Waals surface area contributed by atoms with Crippen LogP contribution in [0.15, 0.2) is 91.0 Å². The Morgan fingerprint density at radius 2 is 1.44 bits per heavy atom.